The van der Waals surface area contributed by atoms with E-state index in [0.29, 0.717) is 24.8 Å². The van der Waals surface area contributed by atoms with Gasteiger partial charge in [-0.15, -0.1) is 0 Å². The van der Waals surface area contributed by atoms with Crippen LogP contribution in [0.15, 0.2) is 55.0 Å². The Hall–Kier alpha value is -3.45. The summed E-state index contributed by atoms with van der Waals surface area (Å²) < 4.78 is 13.4. The molecule has 0 saturated heterocycles. The fourth-order valence-corrected chi connectivity index (χ4v) is 3.15. The number of benzene rings is 1. The first-order valence-electron chi connectivity index (χ1n) is 8.94. The molecule has 0 atom stereocenters. The highest BCUT2D eigenvalue weighted by Gasteiger charge is 2.12. The number of fused-ring (bicyclic) bond motifs is 1. The minimum atomic E-state index is 0.342. The highest BCUT2D eigenvalue weighted by atomic mass is 16.5. The summed E-state index contributed by atoms with van der Waals surface area (Å²) in [6.45, 7) is 3.13. The summed E-state index contributed by atoms with van der Waals surface area (Å²) >= 11 is 0. The van der Waals surface area contributed by atoms with Gasteiger partial charge in [-0.25, -0.2) is 15.0 Å². The van der Waals surface area contributed by atoms with Crippen LogP contribution in [-0.4, -0.2) is 26.6 Å². The Labute approximate surface area is 162 Å². The van der Waals surface area contributed by atoms with E-state index in [4.69, 9.17) is 15.2 Å². The second-order valence-electron chi connectivity index (χ2n) is 6.42. The lowest BCUT2D eigenvalue weighted by atomic mass is 10.2. The number of ether oxygens (including phenoxy) is 2. The van der Waals surface area contributed by atoms with E-state index in [1.807, 2.05) is 30.5 Å². The fourth-order valence-electron chi connectivity index (χ4n) is 3.15. The number of hydrogen-bond donors (Lipinski definition) is 1. The summed E-state index contributed by atoms with van der Waals surface area (Å²) in [7, 11) is 1.61. The van der Waals surface area contributed by atoms with Gasteiger partial charge in [-0.3, -0.25) is 0 Å². The van der Waals surface area contributed by atoms with Crippen molar-refractivity contribution >= 4 is 10.9 Å². The number of hydrogen-bond acceptors (Lipinski definition) is 6. The smallest absolute Gasteiger partial charge is 0.222 e. The van der Waals surface area contributed by atoms with Gasteiger partial charge < -0.3 is 19.8 Å². The standard InChI is InChI=1S/C21H21N5O2/c1-14-8-17-18(26(14)12-15-6-7-20(27-2)23-11-15)4-3-5-19(17)28-21-9-16(10-22)24-13-25-21/h3-9,11,13H,10,12,22H2,1-2H3. The lowest BCUT2D eigenvalue weighted by Crippen LogP contribution is -2.02. The van der Waals surface area contributed by atoms with Gasteiger partial charge in [0.1, 0.15) is 12.1 Å². The molecule has 0 fully saturated rings. The molecular weight excluding hydrogens is 354 g/mol. The maximum Gasteiger partial charge on any atom is 0.222 e. The molecule has 0 spiro atoms. The SMILES string of the molecule is COc1ccc(Cn2c(C)cc3c(Oc4cc(CN)ncn4)cccc32)cn1. The average Bonchev–Trinajstić information content (AvgIpc) is 3.05. The minimum Gasteiger partial charge on any atom is -0.481 e. The molecule has 0 bridgehead atoms. The molecule has 3 aromatic heterocycles. The van der Waals surface area contributed by atoms with Crippen molar-refractivity contribution in [3.63, 3.8) is 0 Å². The second kappa shape index (κ2) is 7.66. The van der Waals surface area contributed by atoms with Crippen LogP contribution in [0.1, 0.15) is 17.0 Å². The van der Waals surface area contributed by atoms with Gasteiger partial charge in [0.05, 0.1) is 18.3 Å². The molecule has 0 saturated carbocycles. The van der Waals surface area contributed by atoms with Gasteiger partial charge in [-0.1, -0.05) is 12.1 Å². The average molecular weight is 375 g/mol. The number of nitrogens with two attached hydrogens (primary N) is 1. The van der Waals surface area contributed by atoms with Crippen molar-refractivity contribution in [1.82, 2.24) is 19.5 Å². The van der Waals surface area contributed by atoms with Crippen LogP contribution in [0.3, 0.4) is 0 Å². The normalized spacial score (nSPS) is 11.0. The Kier molecular flexibility index (Phi) is 4.90. The lowest BCUT2D eigenvalue weighted by molar-refractivity contribution is 0.397. The third-order valence-corrected chi connectivity index (χ3v) is 4.58. The second-order valence-corrected chi connectivity index (χ2v) is 6.42. The van der Waals surface area contributed by atoms with Gasteiger partial charge in [0.15, 0.2) is 0 Å². The number of aromatic nitrogens is 4. The largest absolute Gasteiger partial charge is 0.481 e. The van der Waals surface area contributed by atoms with Gasteiger partial charge in [0.2, 0.25) is 11.8 Å². The highest BCUT2D eigenvalue weighted by Crippen LogP contribution is 2.32. The summed E-state index contributed by atoms with van der Waals surface area (Å²) in [5, 5.41) is 1.02. The third-order valence-electron chi connectivity index (χ3n) is 4.58. The first-order valence-corrected chi connectivity index (χ1v) is 8.94. The molecule has 142 valence electrons. The van der Waals surface area contributed by atoms with E-state index in [1.54, 1.807) is 13.2 Å². The maximum absolute atomic E-state index is 6.03. The van der Waals surface area contributed by atoms with Crippen LogP contribution in [-0.2, 0) is 13.1 Å². The number of nitrogens with zero attached hydrogens (tertiary/aromatic N) is 4. The van der Waals surface area contributed by atoms with E-state index < -0.39 is 0 Å². The number of rotatable bonds is 6. The molecular formula is C21H21N5O2. The van der Waals surface area contributed by atoms with Gasteiger partial charge in [-0.2, -0.15) is 0 Å². The van der Waals surface area contributed by atoms with E-state index in [-0.39, 0.29) is 0 Å². The topological polar surface area (TPSA) is 88.1 Å². The zero-order chi connectivity index (χ0) is 19.5. The van der Waals surface area contributed by atoms with Crippen molar-refractivity contribution in [3.05, 3.63) is 71.9 Å². The van der Waals surface area contributed by atoms with Gasteiger partial charge >= 0.3 is 0 Å². The van der Waals surface area contributed by atoms with E-state index in [2.05, 4.69) is 38.6 Å². The van der Waals surface area contributed by atoms with Crippen molar-refractivity contribution in [2.45, 2.75) is 20.0 Å². The molecule has 4 rings (SSSR count). The molecule has 1 aromatic carbocycles. The maximum atomic E-state index is 6.03. The van der Waals surface area contributed by atoms with Crippen LogP contribution in [0, 0.1) is 6.92 Å². The molecule has 7 heteroatoms. The van der Waals surface area contributed by atoms with Crippen molar-refractivity contribution in [3.8, 4) is 17.5 Å². The van der Waals surface area contributed by atoms with Crippen LogP contribution in [0.4, 0.5) is 0 Å². The summed E-state index contributed by atoms with van der Waals surface area (Å²) in [4.78, 5) is 12.6. The summed E-state index contributed by atoms with van der Waals surface area (Å²) in [5.41, 5.74) is 9.70. The van der Waals surface area contributed by atoms with Crippen molar-refractivity contribution in [2.24, 2.45) is 5.73 Å². The molecule has 3 heterocycles. The third kappa shape index (κ3) is 3.52. The van der Waals surface area contributed by atoms with E-state index in [1.165, 1.54) is 6.33 Å². The summed E-state index contributed by atoms with van der Waals surface area (Å²) in [5.74, 6) is 1.83. The highest BCUT2D eigenvalue weighted by molar-refractivity contribution is 5.87. The summed E-state index contributed by atoms with van der Waals surface area (Å²) in [6, 6.07) is 13.8. The zero-order valence-corrected chi connectivity index (χ0v) is 15.8. The van der Waals surface area contributed by atoms with Crippen LogP contribution in [0.25, 0.3) is 10.9 Å². The predicted octanol–water partition coefficient (Wildman–Crippen LogP) is 3.44. The van der Waals surface area contributed by atoms with Crippen molar-refractivity contribution in [1.29, 1.82) is 0 Å². The Morgan fingerprint density at radius 1 is 1.04 bits per heavy atom. The van der Waals surface area contributed by atoms with Gasteiger partial charge in [0.25, 0.3) is 0 Å². The zero-order valence-electron chi connectivity index (χ0n) is 15.8. The lowest BCUT2D eigenvalue weighted by Gasteiger charge is -2.10. The van der Waals surface area contributed by atoms with E-state index >= 15 is 0 Å². The molecule has 0 unspecified atom stereocenters. The first kappa shape index (κ1) is 17.9. The molecule has 0 amide bonds. The Morgan fingerprint density at radius 3 is 2.68 bits per heavy atom. The molecule has 2 N–H and O–H groups in total. The Morgan fingerprint density at radius 2 is 1.93 bits per heavy atom. The van der Waals surface area contributed by atoms with Crippen LogP contribution >= 0.6 is 0 Å². The Balaban J connectivity index is 1.68. The number of methoxy groups -OCH3 is 1. The van der Waals surface area contributed by atoms with Crippen LogP contribution in [0.5, 0.6) is 17.5 Å². The van der Waals surface area contributed by atoms with E-state index in [0.717, 1.165) is 33.6 Å². The molecule has 0 aliphatic rings. The molecule has 0 radical (unpaired) electrons. The fraction of sp³-hybridized carbons (Fsp3) is 0.190. The molecule has 28 heavy (non-hydrogen) atoms. The van der Waals surface area contributed by atoms with Crippen LogP contribution < -0.4 is 15.2 Å². The number of pyridine rings is 1. The summed E-state index contributed by atoms with van der Waals surface area (Å²) in [6.07, 6.45) is 3.30. The van der Waals surface area contributed by atoms with Gasteiger partial charge in [0, 0.05) is 42.5 Å². The van der Waals surface area contributed by atoms with Crippen molar-refractivity contribution in [2.75, 3.05) is 7.11 Å². The number of aryl methyl sites for hydroxylation is 1. The van der Waals surface area contributed by atoms with Crippen molar-refractivity contribution < 1.29 is 9.47 Å². The quantitative estimate of drug-likeness (QED) is 0.555. The predicted molar refractivity (Wildman–Crippen MR) is 107 cm³/mol. The molecule has 0 aliphatic heterocycles. The molecule has 7 nitrogen and oxygen atoms in total. The molecule has 4 aromatic rings. The minimum absolute atomic E-state index is 0.342. The van der Waals surface area contributed by atoms with Crippen LogP contribution in [0.2, 0.25) is 0 Å². The van der Waals surface area contributed by atoms with Gasteiger partial charge in [-0.05, 0) is 30.7 Å². The monoisotopic (exact) mass is 375 g/mol. The Bertz CT molecular complexity index is 1110. The molecule has 0 aliphatic carbocycles. The first-order chi connectivity index (χ1) is 13.7. The van der Waals surface area contributed by atoms with E-state index in [9.17, 15) is 0 Å².